The Bertz CT molecular complexity index is 635. The van der Waals surface area contributed by atoms with Crippen LogP contribution in [0.4, 0.5) is 5.69 Å². The van der Waals surface area contributed by atoms with Gasteiger partial charge in [0.25, 0.3) is 0 Å². The number of nitrogens with one attached hydrogen (secondary N) is 1. The molecule has 0 aromatic heterocycles. The van der Waals surface area contributed by atoms with Crippen LogP contribution in [-0.2, 0) is 22.6 Å². The van der Waals surface area contributed by atoms with Crippen molar-refractivity contribution in [3.63, 3.8) is 0 Å². The van der Waals surface area contributed by atoms with Crippen LogP contribution in [0.15, 0.2) is 42.5 Å². The normalized spacial score (nSPS) is 10.4. The molecule has 0 aliphatic heterocycles. The molecule has 0 aliphatic rings. The van der Waals surface area contributed by atoms with Crippen LogP contribution < -0.4 is 5.32 Å². The molecule has 2 aromatic carbocycles. The fourth-order valence-electron chi connectivity index (χ4n) is 2.27. The highest BCUT2D eigenvalue weighted by molar-refractivity contribution is 5.92. The van der Waals surface area contributed by atoms with E-state index in [1.807, 2.05) is 38.1 Å². The van der Waals surface area contributed by atoms with Crippen molar-refractivity contribution in [1.82, 2.24) is 0 Å². The van der Waals surface area contributed by atoms with E-state index in [0.717, 1.165) is 22.4 Å². The molecule has 0 radical (unpaired) electrons. The fraction of sp³-hybridized carbons (Fsp3) is 0.278. The van der Waals surface area contributed by atoms with Gasteiger partial charge in [-0.15, -0.1) is 0 Å². The summed E-state index contributed by atoms with van der Waals surface area (Å²) in [6.07, 6.45) is 0.391. The molecule has 1 N–H and O–H groups in total. The number of hydrogen-bond donors (Lipinski definition) is 1. The largest absolute Gasteiger partial charge is 0.380 e. The summed E-state index contributed by atoms with van der Waals surface area (Å²) in [7, 11) is 1.66. The summed E-state index contributed by atoms with van der Waals surface area (Å²) in [5.74, 6) is -0.00160. The Morgan fingerprint density at radius 3 is 2.71 bits per heavy atom. The molecule has 21 heavy (non-hydrogen) atoms. The highest BCUT2D eigenvalue weighted by Crippen LogP contribution is 2.14. The van der Waals surface area contributed by atoms with Crippen molar-refractivity contribution in [2.75, 3.05) is 12.4 Å². The van der Waals surface area contributed by atoms with Crippen molar-refractivity contribution < 1.29 is 9.53 Å². The Hall–Kier alpha value is -2.13. The van der Waals surface area contributed by atoms with Crippen molar-refractivity contribution in [2.45, 2.75) is 26.9 Å². The van der Waals surface area contributed by atoms with Crippen LogP contribution in [0.3, 0.4) is 0 Å². The monoisotopic (exact) mass is 283 g/mol. The maximum Gasteiger partial charge on any atom is 0.228 e. The third kappa shape index (κ3) is 4.43. The number of carbonyl (C=O) groups is 1. The number of benzene rings is 2. The number of aryl methyl sites for hydroxylation is 2. The number of hydrogen-bond acceptors (Lipinski definition) is 2. The van der Waals surface area contributed by atoms with Gasteiger partial charge in [0, 0.05) is 12.8 Å². The van der Waals surface area contributed by atoms with Crippen molar-refractivity contribution in [1.29, 1.82) is 0 Å². The van der Waals surface area contributed by atoms with Gasteiger partial charge >= 0.3 is 0 Å². The lowest BCUT2D eigenvalue weighted by Gasteiger charge is -2.09. The average Bonchev–Trinajstić information content (AvgIpc) is 2.43. The second kappa shape index (κ2) is 7.04. The SMILES string of the molecule is COCc1cccc(NC(=O)Cc2cc(C)ccc2C)c1. The highest BCUT2D eigenvalue weighted by atomic mass is 16.5. The molecule has 3 heteroatoms. The first kappa shape index (κ1) is 15.3. The Kier molecular flexibility index (Phi) is 5.12. The molecular formula is C18H21NO2. The summed E-state index contributed by atoms with van der Waals surface area (Å²) in [5.41, 5.74) is 5.23. The summed E-state index contributed by atoms with van der Waals surface area (Å²) < 4.78 is 5.10. The Balaban J connectivity index is 2.04. The number of anilines is 1. The Morgan fingerprint density at radius 1 is 1.14 bits per heavy atom. The minimum Gasteiger partial charge on any atom is -0.380 e. The van der Waals surface area contributed by atoms with Crippen LogP contribution in [0.5, 0.6) is 0 Å². The van der Waals surface area contributed by atoms with Crippen molar-refractivity contribution >= 4 is 11.6 Å². The van der Waals surface area contributed by atoms with Gasteiger partial charge in [0.05, 0.1) is 13.0 Å². The van der Waals surface area contributed by atoms with Crippen LogP contribution in [0.1, 0.15) is 22.3 Å². The van der Waals surface area contributed by atoms with E-state index >= 15 is 0 Å². The molecule has 0 aliphatic carbocycles. The van der Waals surface area contributed by atoms with Gasteiger partial charge < -0.3 is 10.1 Å². The minimum atomic E-state index is -0.00160. The number of rotatable bonds is 5. The van der Waals surface area contributed by atoms with Gasteiger partial charge in [-0.05, 0) is 42.7 Å². The summed E-state index contributed by atoms with van der Waals surface area (Å²) in [5, 5.41) is 2.94. The molecule has 0 saturated heterocycles. The van der Waals surface area contributed by atoms with Gasteiger partial charge in [-0.2, -0.15) is 0 Å². The zero-order chi connectivity index (χ0) is 15.2. The third-order valence-electron chi connectivity index (χ3n) is 3.38. The molecule has 1 amide bonds. The minimum absolute atomic E-state index is 0.00160. The molecule has 3 nitrogen and oxygen atoms in total. The first-order valence-corrected chi connectivity index (χ1v) is 7.02. The predicted octanol–water partition coefficient (Wildman–Crippen LogP) is 3.63. The van der Waals surface area contributed by atoms with Gasteiger partial charge in [0.15, 0.2) is 0 Å². The van der Waals surface area contributed by atoms with Gasteiger partial charge in [-0.1, -0.05) is 35.9 Å². The molecule has 0 heterocycles. The lowest BCUT2D eigenvalue weighted by molar-refractivity contribution is -0.115. The predicted molar refractivity (Wildman–Crippen MR) is 85.4 cm³/mol. The van der Waals surface area contributed by atoms with Gasteiger partial charge in [-0.3, -0.25) is 4.79 Å². The summed E-state index contributed by atoms with van der Waals surface area (Å²) in [4.78, 5) is 12.2. The summed E-state index contributed by atoms with van der Waals surface area (Å²) in [6.45, 7) is 4.61. The maximum absolute atomic E-state index is 12.2. The van der Waals surface area contributed by atoms with Gasteiger partial charge in [-0.25, -0.2) is 0 Å². The zero-order valence-electron chi connectivity index (χ0n) is 12.8. The second-order valence-corrected chi connectivity index (χ2v) is 5.29. The molecule has 0 unspecified atom stereocenters. The lowest BCUT2D eigenvalue weighted by Crippen LogP contribution is -2.15. The van der Waals surface area contributed by atoms with E-state index in [1.165, 1.54) is 5.56 Å². The average molecular weight is 283 g/mol. The molecule has 0 saturated carbocycles. The van der Waals surface area contributed by atoms with Crippen LogP contribution >= 0.6 is 0 Å². The Morgan fingerprint density at radius 2 is 1.95 bits per heavy atom. The quantitative estimate of drug-likeness (QED) is 0.910. The van der Waals surface area contributed by atoms with Crippen molar-refractivity contribution in [3.05, 3.63) is 64.7 Å². The van der Waals surface area contributed by atoms with E-state index in [4.69, 9.17) is 4.74 Å². The van der Waals surface area contributed by atoms with Crippen LogP contribution in [-0.4, -0.2) is 13.0 Å². The van der Waals surface area contributed by atoms with Crippen LogP contribution in [0.2, 0.25) is 0 Å². The lowest BCUT2D eigenvalue weighted by atomic mass is 10.0. The van der Waals surface area contributed by atoms with Crippen molar-refractivity contribution in [2.24, 2.45) is 0 Å². The topological polar surface area (TPSA) is 38.3 Å². The van der Waals surface area contributed by atoms with E-state index in [-0.39, 0.29) is 5.91 Å². The van der Waals surface area contributed by atoms with E-state index in [1.54, 1.807) is 7.11 Å². The molecule has 110 valence electrons. The van der Waals surface area contributed by atoms with Crippen LogP contribution in [0, 0.1) is 13.8 Å². The first-order valence-electron chi connectivity index (χ1n) is 7.02. The van der Waals surface area contributed by atoms with E-state index in [9.17, 15) is 4.79 Å². The zero-order valence-corrected chi connectivity index (χ0v) is 12.8. The summed E-state index contributed by atoms with van der Waals surface area (Å²) in [6, 6.07) is 13.9. The fourth-order valence-corrected chi connectivity index (χ4v) is 2.27. The third-order valence-corrected chi connectivity index (χ3v) is 3.38. The van der Waals surface area contributed by atoms with E-state index < -0.39 is 0 Å². The number of ether oxygens (including phenoxy) is 1. The smallest absolute Gasteiger partial charge is 0.228 e. The molecule has 2 rings (SSSR count). The number of carbonyl (C=O) groups excluding carboxylic acids is 1. The summed E-state index contributed by atoms with van der Waals surface area (Å²) >= 11 is 0. The highest BCUT2D eigenvalue weighted by Gasteiger charge is 2.07. The Labute approximate surface area is 126 Å². The molecule has 0 atom stereocenters. The molecule has 0 bridgehead atoms. The van der Waals surface area contributed by atoms with Gasteiger partial charge in [0.1, 0.15) is 0 Å². The standard InChI is InChI=1S/C18H21NO2/c1-13-7-8-14(2)16(9-13)11-18(20)19-17-6-4-5-15(10-17)12-21-3/h4-10H,11-12H2,1-3H3,(H,19,20). The molecule has 2 aromatic rings. The van der Waals surface area contributed by atoms with Crippen LogP contribution in [0.25, 0.3) is 0 Å². The second-order valence-electron chi connectivity index (χ2n) is 5.29. The molecule has 0 fully saturated rings. The molecular weight excluding hydrogens is 262 g/mol. The maximum atomic E-state index is 12.2. The number of methoxy groups -OCH3 is 1. The van der Waals surface area contributed by atoms with E-state index in [0.29, 0.717) is 13.0 Å². The number of amides is 1. The van der Waals surface area contributed by atoms with Crippen molar-refractivity contribution in [3.8, 4) is 0 Å². The first-order chi connectivity index (χ1) is 10.1. The molecule has 0 spiro atoms. The van der Waals surface area contributed by atoms with Gasteiger partial charge in [0.2, 0.25) is 5.91 Å². The van der Waals surface area contributed by atoms with E-state index in [2.05, 4.69) is 23.5 Å².